The fourth-order valence-electron chi connectivity index (χ4n) is 3.99. The van der Waals surface area contributed by atoms with E-state index < -0.39 is 6.04 Å². The van der Waals surface area contributed by atoms with E-state index in [4.69, 9.17) is 10.7 Å². The van der Waals surface area contributed by atoms with Gasteiger partial charge < -0.3 is 16.1 Å². The van der Waals surface area contributed by atoms with Crippen LogP contribution in [0.25, 0.3) is 0 Å². The zero-order valence-electron chi connectivity index (χ0n) is 18.7. The fourth-order valence-corrected chi connectivity index (χ4v) is 3.99. The molecule has 1 aliphatic carbocycles. The van der Waals surface area contributed by atoms with E-state index in [1.807, 2.05) is 36.1 Å². The Hall–Kier alpha value is -3.42. The summed E-state index contributed by atoms with van der Waals surface area (Å²) < 4.78 is 0. The molecule has 4 N–H and O–H groups in total. The van der Waals surface area contributed by atoms with Crippen molar-refractivity contribution in [3.63, 3.8) is 0 Å². The van der Waals surface area contributed by atoms with Gasteiger partial charge in [-0.2, -0.15) is 4.98 Å². The lowest BCUT2D eigenvalue weighted by Crippen LogP contribution is -2.41. The highest BCUT2D eigenvalue weighted by molar-refractivity contribution is 5.84. The van der Waals surface area contributed by atoms with Crippen LogP contribution < -0.4 is 21.5 Å². The van der Waals surface area contributed by atoms with Crippen LogP contribution in [0.1, 0.15) is 44.4 Å². The Balaban J connectivity index is 1.61. The van der Waals surface area contributed by atoms with E-state index >= 15 is 0 Å². The van der Waals surface area contributed by atoms with Gasteiger partial charge in [0, 0.05) is 24.7 Å². The van der Waals surface area contributed by atoms with Crippen molar-refractivity contribution >= 4 is 23.5 Å². The Bertz CT molecular complexity index is 1020. The summed E-state index contributed by atoms with van der Waals surface area (Å²) in [5.41, 5.74) is 14.9. The van der Waals surface area contributed by atoms with Crippen molar-refractivity contribution in [3.05, 3.63) is 59.9 Å². The number of nitrogens with two attached hydrogens (primary N) is 1. The third-order valence-corrected chi connectivity index (χ3v) is 5.83. The van der Waals surface area contributed by atoms with E-state index in [0.717, 1.165) is 17.0 Å². The summed E-state index contributed by atoms with van der Waals surface area (Å²) in [4.78, 5) is 28.1. The third kappa shape index (κ3) is 5.43. The summed E-state index contributed by atoms with van der Waals surface area (Å²) >= 11 is 0. The maximum atomic E-state index is 12.0. The van der Waals surface area contributed by atoms with Crippen LogP contribution in [0.2, 0.25) is 0 Å². The first-order chi connectivity index (χ1) is 15.4. The van der Waals surface area contributed by atoms with Crippen LogP contribution in [0.15, 0.2) is 53.7 Å². The predicted molar refractivity (Wildman–Crippen MR) is 126 cm³/mol. The zero-order chi connectivity index (χ0) is 22.7. The Morgan fingerprint density at radius 3 is 2.69 bits per heavy atom. The van der Waals surface area contributed by atoms with Crippen molar-refractivity contribution in [2.24, 2.45) is 22.6 Å². The van der Waals surface area contributed by atoms with E-state index in [9.17, 15) is 4.79 Å². The SMILES string of the molecule is C=C(NNC(C)=Nc1cc(Cc2ccccc2)nc(N2CC(C)C[C@H]2C(N)=O)n1)C1CC1. The Morgan fingerprint density at radius 1 is 1.25 bits per heavy atom. The first-order valence-electron chi connectivity index (χ1n) is 11.1. The number of carbonyl (C=O) groups is 1. The second kappa shape index (κ2) is 9.38. The van der Waals surface area contributed by atoms with Crippen molar-refractivity contribution in [2.45, 2.75) is 45.6 Å². The van der Waals surface area contributed by atoms with Crippen molar-refractivity contribution < 1.29 is 4.79 Å². The van der Waals surface area contributed by atoms with Crippen LogP contribution in [0.5, 0.6) is 0 Å². The fraction of sp³-hybridized carbons (Fsp3) is 0.417. The second-order valence-corrected chi connectivity index (χ2v) is 8.84. The van der Waals surface area contributed by atoms with Crippen molar-refractivity contribution in [1.82, 2.24) is 20.8 Å². The third-order valence-electron chi connectivity index (χ3n) is 5.83. The van der Waals surface area contributed by atoms with Gasteiger partial charge in [0.05, 0.1) is 5.69 Å². The highest BCUT2D eigenvalue weighted by Crippen LogP contribution is 2.33. The highest BCUT2D eigenvalue weighted by Gasteiger charge is 2.35. The van der Waals surface area contributed by atoms with E-state index in [2.05, 4.69) is 46.5 Å². The van der Waals surface area contributed by atoms with Crippen LogP contribution in [-0.4, -0.2) is 34.3 Å². The van der Waals surface area contributed by atoms with E-state index in [-0.39, 0.29) is 5.91 Å². The second-order valence-electron chi connectivity index (χ2n) is 8.84. The first kappa shape index (κ1) is 21.8. The zero-order valence-corrected chi connectivity index (χ0v) is 18.7. The number of carbonyl (C=O) groups excluding carboxylic acids is 1. The summed E-state index contributed by atoms with van der Waals surface area (Å²) in [6, 6.07) is 11.6. The number of rotatable bonds is 8. The van der Waals surface area contributed by atoms with Gasteiger partial charge in [0.25, 0.3) is 0 Å². The lowest BCUT2D eigenvalue weighted by molar-refractivity contribution is -0.119. The molecule has 2 aromatic rings. The number of aliphatic imine (C=N–C) groups is 1. The average molecular weight is 434 g/mol. The minimum Gasteiger partial charge on any atom is -0.368 e. The molecule has 4 rings (SSSR count). The summed E-state index contributed by atoms with van der Waals surface area (Å²) in [5, 5.41) is 0. The number of allylic oxidation sites excluding steroid dienone is 1. The highest BCUT2D eigenvalue weighted by atomic mass is 16.1. The van der Waals surface area contributed by atoms with Gasteiger partial charge in [0.2, 0.25) is 11.9 Å². The summed E-state index contributed by atoms with van der Waals surface area (Å²) in [7, 11) is 0. The van der Waals surface area contributed by atoms with Crippen LogP contribution in [-0.2, 0) is 11.2 Å². The Kier molecular flexibility index (Phi) is 6.39. The number of amidine groups is 1. The largest absolute Gasteiger partial charge is 0.368 e. The van der Waals surface area contributed by atoms with E-state index in [0.29, 0.717) is 48.8 Å². The number of amides is 1. The van der Waals surface area contributed by atoms with Gasteiger partial charge in [-0.25, -0.2) is 9.98 Å². The number of hydrazine groups is 1. The van der Waals surface area contributed by atoms with Crippen molar-refractivity contribution in [3.8, 4) is 0 Å². The van der Waals surface area contributed by atoms with Crippen molar-refractivity contribution in [2.75, 3.05) is 11.4 Å². The van der Waals surface area contributed by atoms with Gasteiger partial charge in [0.1, 0.15) is 11.9 Å². The normalized spacial score (nSPS) is 20.8. The molecule has 2 fully saturated rings. The summed E-state index contributed by atoms with van der Waals surface area (Å²) in [6.07, 6.45) is 3.70. The molecule has 8 heteroatoms. The number of benzene rings is 1. The van der Waals surface area contributed by atoms with Crippen molar-refractivity contribution in [1.29, 1.82) is 0 Å². The molecule has 168 valence electrons. The predicted octanol–water partition coefficient (Wildman–Crippen LogP) is 2.84. The number of hydrogen-bond donors (Lipinski definition) is 3. The molecule has 1 aromatic carbocycles. The minimum absolute atomic E-state index is 0.335. The monoisotopic (exact) mass is 433 g/mol. The van der Waals surface area contributed by atoms with Gasteiger partial charge >= 0.3 is 0 Å². The molecule has 1 saturated carbocycles. The number of anilines is 1. The molecule has 2 heterocycles. The van der Waals surface area contributed by atoms with Crippen LogP contribution in [0.3, 0.4) is 0 Å². The maximum absolute atomic E-state index is 12.0. The molecule has 1 aromatic heterocycles. The Morgan fingerprint density at radius 2 is 2.00 bits per heavy atom. The maximum Gasteiger partial charge on any atom is 0.240 e. The molecule has 0 bridgehead atoms. The molecular weight excluding hydrogens is 402 g/mol. The smallest absolute Gasteiger partial charge is 0.240 e. The molecule has 0 spiro atoms. The number of nitrogens with one attached hydrogen (secondary N) is 2. The lowest BCUT2D eigenvalue weighted by atomic mass is 10.1. The van der Waals surface area contributed by atoms with Crippen LogP contribution >= 0.6 is 0 Å². The standard InChI is InChI=1S/C24H31N7O/c1-15-11-21(23(25)32)31(14-15)24-27-20(12-18-7-5-4-6-8-18)13-22(28-24)26-17(3)30-29-16(2)19-9-10-19/h4-8,13,15,19,21,29H,2,9-12,14H2,1,3H3,(H2,25,32)(H,26,27,28,30)/t15?,21-/m0/s1. The Labute approximate surface area is 189 Å². The molecule has 1 amide bonds. The summed E-state index contributed by atoms with van der Waals surface area (Å²) in [5.74, 6) is 2.23. The summed E-state index contributed by atoms with van der Waals surface area (Å²) in [6.45, 7) is 8.71. The van der Waals surface area contributed by atoms with Gasteiger partial charge in [0.15, 0.2) is 5.82 Å². The number of aromatic nitrogens is 2. The number of hydrogen-bond acceptors (Lipinski definition) is 6. The molecule has 1 aliphatic heterocycles. The number of nitrogens with zero attached hydrogens (tertiary/aromatic N) is 4. The van der Waals surface area contributed by atoms with Crippen LogP contribution in [0.4, 0.5) is 11.8 Å². The molecular formula is C24H31N7O. The molecule has 2 atom stereocenters. The van der Waals surface area contributed by atoms with Gasteiger partial charge in [-0.05, 0) is 43.6 Å². The molecule has 1 saturated heterocycles. The molecule has 32 heavy (non-hydrogen) atoms. The topological polar surface area (TPSA) is 109 Å². The first-order valence-corrected chi connectivity index (χ1v) is 11.1. The lowest BCUT2D eigenvalue weighted by Gasteiger charge is -2.23. The minimum atomic E-state index is -0.406. The molecule has 8 nitrogen and oxygen atoms in total. The van der Waals surface area contributed by atoms with Gasteiger partial charge in [-0.1, -0.05) is 43.8 Å². The average Bonchev–Trinajstić information content (AvgIpc) is 3.53. The van der Waals surface area contributed by atoms with E-state index in [1.54, 1.807) is 0 Å². The quantitative estimate of drug-likeness (QED) is 0.336. The van der Waals surface area contributed by atoms with Gasteiger partial charge in [-0.3, -0.25) is 10.2 Å². The molecule has 0 radical (unpaired) electrons. The van der Waals surface area contributed by atoms with E-state index in [1.165, 1.54) is 12.8 Å². The van der Waals surface area contributed by atoms with Crippen LogP contribution in [0, 0.1) is 11.8 Å². The number of primary amides is 1. The van der Waals surface area contributed by atoms with Gasteiger partial charge in [-0.15, -0.1) is 0 Å². The molecule has 2 aliphatic rings. The molecule has 1 unspecified atom stereocenters.